The number of nitrogens with zero attached hydrogens (tertiary/aromatic N) is 2. The zero-order valence-electron chi connectivity index (χ0n) is 13.4. The highest BCUT2D eigenvalue weighted by Crippen LogP contribution is 2.37. The summed E-state index contributed by atoms with van der Waals surface area (Å²) in [4.78, 5) is 8.85. The summed E-state index contributed by atoms with van der Waals surface area (Å²) in [5, 5.41) is 14.2. The van der Waals surface area contributed by atoms with Crippen molar-refractivity contribution < 1.29 is 9.84 Å². The molecule has 1 aromatic heterocycles. The number of hydrogen-bond acceptors (Lipinski definition) is 5. The van der Waals surface area contributed by atoms with E-state index < -0.39 is 0 Å². The maximum atomic E-state index is 10.1. The molecule has 1 heterocycles. The van der Waals surface area contributed by atoms with Gasteiger partial charge in [-0.05, 0) is 26.0 Å². The highest BCUT2D eigenvalue weighted by Gasteiger charge is 2.12. The summed E-state index contributed by atoms with van der Waals surface area (Å²) in [6, 6.07) is 11.2. The standard InChI is InChI=1S/C18H19N3O2/c1-11(2)20-18-19-10-12-8-14(13-6-4-5-7-16(13)22)17(23-3)9-15(12)21-18/h4-11,22H,1-3H3,(H,19,20,21). The third kappa shape index (κ3) is 3.04. The first-order valence-electron chi connectivity index (χ1n) is 7.48. The molecule has 5 heteroatoms. The number of phenolic OH excluding ortho intramolecular Hbond substituents is 1. The normalized spacial score (nSPS) is 11.0. The van der Waals surface area contributed by atoms with Crippen molar-refractivity contribution in [3.8, 4) is 22.6 Å². The predicted octanol–water partition coefficient (Wildman–Crippen LogP) is 3.83. The van der Waals surface area contributed by atoms with Crippen molar-refractivity contribution in [2.45, 2.75) is 19.9 Å². The quantitative estimate of drug-likeness (QED) is 0.766. The van der Waals surface area contributed by atoms with Crippen LogP contribution >= 0.6 is 0 Å². The Bertz CT molecular complexity index is 847. The molecule has 0 amide bonds. The number of nitrogens with one attached hydrogen (secondary N) is 1. The number of ether oxygens (including phenoxy) is 1. The molecule has 0 radical (unpaired) electrons. The average Bonchev–Trinajstić information content (AvgIpc) is 2.53. The molecule has 0 spiro atoms. The lowest BCUT2D eigenvalue weighted by Crippen LogP contribution is -2.12. The van der Waals surface area contributed by atoms with Gasteiger partial charge in [-0.15, -0.1) is 0 Å². The molecule has 0 aliphatic carbocycles. The summed E-state index contributed by atoms with van der Waals surface area (Å²) >= 11 is 0. The highest BCUT2D eigenvalue weighted by atomic mass is 16.5. The van der Waals surface area contributed by atoms with Gasteiger partial charge in [0.05, 0.1) is 12.6 Å². The summed E-state index contributed by atoms with van der Waals surface area (Å²) in [7, 11) is 1.61. The van der Waals surface area contributed by atoms with Gasteiger partial charge in [0.2, 0.25) is 5.95 Å². The second-order valence-electron chi connectivity index (χ2n) is 5.62. The Kier molecular flexibility index (Phi) is 4.02. The molecule has 0 bridgehead atoms. The van der Waals surface area contributed by atoms with Crippen LogP contribution in [0.1, 0.15) is 13.8 Å². The molecule has 0 aliphatic rings. The Hall–Kier alpha value is -2.82. The summed E-state index contributed by atoms with van der Waals surface area (Å²) in [5.74, 6) is 1.46. The number of aromatic hydroxyl groups is 1. The fraction of sp³-hybridized carbons (Fsp3) is 0.222. The van der Waals surface area contributed by atoms with E-state index in [1.165, 1.54) is 0 Å². The molecular formula is C18H19N3O2. The number of para-hydroxylation sites is 1. The van der Waals surface area contributed by atoms with Gasteiger partial charge in [-0.25, -0.2) is 9.97 Å². The summed E-state index contributed by atoms with van der Waals surface area (Å²) in [6.45, 7) is 4.07. The number of phenols is 1. The van der Waals surface area contributed by atoms with Crippen LogP contribution in [0, 0.1) is 0 Å². The lowest BCUT2D eigenvalue weighted by atomic mass is 10.0. The lowest BCUT2D eigenvalue weighted by Gasteiger charge is -2.13. The third-order valence-corrected chi connectivity index (χ3v) is 3.51. The van der Waals surface area contributed by atoms with Crippen LogP contribution in [0.25, 0.3) is 22.0 Å². The van der Waals surface area contributed by atoms with Gasteiger partial charge in [-0.3, -0.25) is 0 Å². The van der Waals surface area contributed by atoms with Crippen molar-refractivity contribution >= 4 is 16.9 Å². The number of methoxy groups -OCH3 is 1. The summed E-state index contributed by atoms with van der Waals surface area (Å²) in [6.07, 6.45) is 1.77. The first kappa shape index (κ1) is 15.1. The molecule has 3 rings (SSSR count). The van der Waals surface area contributed by atoms with E-state index in [1.54, 1.807) is 25.4 Å². The Labute approximate surface area is 135 Å². The molecule has 0 atom stereocenters. The minimum atomic E-state index is 0.212. The van der Waals surface area contributed by atoms with Crippen molar-refractivity contribution in [3.63, 3.8) is 0 Å². The first-order chi connectivity index (χ1) is 11.1. The maximum absolute atomic E-state index is 10.1. The van der Waals surface area contributed by atoms with Gasteiger partial charge >= 0.3 is 0 Å². The number of rotatable bonds is 4. The molecule has 5 nitrogen and oxygen atoms in total. The third-order valence-electron chi connectivity index (χ3n) is 3.51. The minimum absolute atomic E-state index is 0.212. The fourth-order valence-corrected chi connectivity index (χ4v) is 2.47. The van der Waals surface area contributed by atoms with E-state index in [0.717, 1.165) is 22.0 Å². The highest BCUT2D eigenvalue weighted by molar-refractivity contribution is 5.89. The van der Waals surface area contributed by atoms with Crippen LogP contribution < -0.4 is 10.1 Å². The molecule has 0 unspecified atom stereocenters. The van der Waals surface area contributed by atoms with E-state index in [-0.39, 0.29) is 11.8 Å². The minimum Gasteiger partial charge on any atom is -0.507 e. The summed E-state index contributed by atoms with van der Waals surface area (Å²) < 4.78 is 5.49. The SMILES string of the molecule is COc1cc2nc(NC(C)C)ncc2cc1-c1ccccc1O. The molecule has 3 aromatic rings. The smallest absolute Gasteiger partial charge is 0.223 e. The molecule has 118 valence electrons. The second-order valence-corrected chi connectivity index (χ2v) is 5.62. The Morgan fingerprint density at radius 1 is 1.13 bits per heavy atom. The lowest BCUT2D eigenvalue weighted by molar-refractivity contribution is 0.416. The zero-order chi connectivity index (χ0) is 16.4. The second kappa shape index (κ2) is 6.12. The number of hydrogen-bond donors (Lipinski definition) is 2. The van der Waals surface area contributed by atoms with Crippen molar-refractivity contribution in [1.82, 2.24) is 9.97 Å². The van der Waals surface area contributed by atoms with Gasteiger partial charge < -0.3 is 15.2 Å². The van der Waals surface area contributed by atoms with Gasteiger partial charge in [-0.1, -0.05) is 18.2 Å². The van der Waals surface area contributed by atoms with E-state index in [0.29, 0.717) is 11.7 Å². The van der Waals surface area contributed by atoms with Crippen LogP contribution in [0.3, 0.4) is 0 Å². The zero-order valence-corrected chi connectivity index (χ0v) is 13.4. The number of aromatic nitrogens is 2. The largest absolute Gasteiger partial charge is 0.507 e. The van der Waals surface area contributed by atoms with Gasteiger partial charge in [0.25, 0.3) is 0 Å². The number of benzene rings is 2. The van der Waals surface area contributed by atoms with Crippen LogP contribution in [0.2, 0.25) is 0 Å². The molecule has 23 heavy (non-hydrogen) atoms. The molecule has 0 aliphatic heterocycles. The van der Waals surface area contributed by atoms with Gasteiger partial charge in [0, 0.05) is 34.8 Å². The monoisotopic (exact) mass is 309 g/mol. The van der Waals surface area contributed by atoms with Crippen LogP contribution in [-0.4, -0.2) is 28.2 Å². The number of fused-ring (bicyclic) bond motifs is 1. The first-order valence-corrected chi connectivity index (χ1v) is 7.48. The van der Waals surface area contributed by atoms with Crippen LogP contribution in [0.15, 0.2) is 42.6 Å². The van der Waals surface area contributed by atoms with Crippen LogP contribution in [0.5, 0.6) is 11.5 Å². The van der Waals surface area contributed by atoms with Gasteiger partial charge in [0.15, 0.2) is 0 Å². The fourth-order valence-electron chi connectivity index (χ4n) is 2.47. The van der Waals surface area contributed by atoms with E-state index in [1.807, 2.05) is 38.1 Å². The van der Waals surface area contributed by atoms with E-state index in [2.05, 4.69) is 15.3 Å². The molecule has 0 saturated carbocycles. The van der Waals surface area contributed by atoms with Crippen molar-refractivity contribution in [2.75, 3.05) is 12.4 Å². The van der Waals surface area contributed by atoms with Crippen LogP contribution in [-0.2, 0) is 0 Å². The predicted molar refractivity (Wildman–Crippen MR) is 91.9 cm³/mol. The average molecular weight is 309 g/mol. The molecule has 0 saturated heterocycles. The molecule has 0 fully saturated rings. The van der Waals surface area contributed by atoms with Gasteiger partial charge in [0.1, 0.15) is 11.5 Å². The summed E-state index contributed by atoms with van der Waals surface area (Å²) in [5.41, 5.74) is 2.32. The Balaban J connectivity index is 2.15. The van der Waals surface area contributed by atoms with Gasteiger partial charge in [-0.2, -0.15) is 0 Å². The van der Waals surface area contributed by atoms with Crippen molar-refractivity contribution in [1.29, 1.82) is 0 Å². The van der Waals surface area contributed by atoms with Crippen LogP contribution in [0.4, 0.5) is 5.95 Å². The van der Waals surface area contributed by atoms with Crippen molar-refractivity contribution in [3.05, 3.63) is 42.6 Å². The topological polar surface area (TPSA) is 67.3 Å². The Morgan fingerprint density at radius 2 is 1.91 bits per heavy atom. The number of anilines is 1. The maximum Gasteiger partial charge on any atom is 0.223 e. The molecule has 2 aromatic carbocycles. The van der Waals surface area contributed by atoms with E-state index in [4.69, 9.17) is 4.74 Å². The van der Waals surface area contributed by atoms with Crippen molar-refractivity contribution in [2.24, 2.45) is 0 Å². The van der Waals surface area contributed by atoms with E-state index in [9.17, 15) is 5.11 Å². The molecule has 2 N–H and O–H groups in total. The Morgan fingerprint density at radius 3 is 2.61 bits per heavy atom. The van der Waals surface area contributed by atoms with E-state index >= 15 is 0 Å². The molecular weight excluding hydrogens is 290 g/mol.